The van der Waals surface area contributed by atoms with Crippen LogP contribution in [0.15, 0.2) is 71.2 Å². The molecule has 4 aromatic rings. The zero-order valence-corrected chi connectivity index (χ0v) is 20.5. The molecular formula is C27H28BrNO4. The third kappa shape index (κ3) is 5.40. The highest BCUT2D eigenvalue weighted by atomic mass is 79.9. The van der Waals surface area contributed by atoms with E-state index in [2.05, 4.69) is 63.0 Å². The van der Waals surface area contributed by atoms with E-state index in [0.717, 1.165) is 22.3 Å². The van der Waals surface area contributed by atoms with Crippen molar-refractivity contribution in [3.05, 3.63) is 76.8 Å². The zero-order chi connectivity index (χ0) is 23.2. The van der Waals surface area contributed by atoms with Gasteiger partial charge in [-0.2, -0.15) is 0 Å². The molecule has 0 bridgehead atoms. The molecule has 1 atom stereocenters. The van der Waals surface area contributed by atoms with Crippen LogP contribution in [0.3, 0.4) is 0 Å². The van der Waals surface area contributed by atoms with E-state index < -0.39 is 6.10 Å². The minimum atomic E-state index is -0.586. The minimum absolute atomic E-state index is 0.321. The molecule has 0 aliphatic heterocycles. The Morgan fingerprint density at radius 1 is 0.939 bits per heavy atom. The van der Waals surface area contributed by atoms with Crippen molar-refractivity contribution in [2.45, 2.75) is 32.9 Å². The molecule has 0 aliphatic carbocycles. The van der Waals surface area contributed by atoms with Gasteiger partial charge in [0.25, 0.3) is 0 Å². The summed E-state index contributed by atoms with van der Waals surface area (Å²) in [6, 6.07) is 22.6. The normalized spacial score (nSPS) is 12.2. The van der Waals surface area contributed by atoms with E-state index in [1.54, 1.807) is 6.92 Å². The summed E-state index contributed by atoms with van der Waals surface area (Å²) < 4.78 is 20.1. The Kier molecular flexibility index (Phi) is 7.68. The number of rotatable bonds is 10. The number of ether oxygens (including phenoxy) is 3. The summed E-state index contributed by atoms with van der Waals surface area (Å²) in [6.45, 7) is 5.77. The zero-order valence-electron chi connectivity index (χ0n) is 18.9. The standard InChI is InChI=1S/C27H28BrNO4/c1-3-31-26(27(30)32-4-2)17-19-9-12-21(13-10-19)33-16-15-29-24-8-6-5-7-22(24)23-18-20(28)11-14-25(23)29/h5-14,18,26H,3-4,15-17H2,1-2H3. The maximum atomic E-state index is 12.1. The Hall–Kier alpha value is -2.83. The molecule has 5 nitrogen and oxygen atoms in total. The number of nitrogens with zero attached hydrogens (tertiary/aromatic N) is 1. The maximum Gasteiger partial charge on any atom is 0.335 e. The van der Waals surface area contributed by atoms with E-state index in [1.807, 2.05) is 31.2 Å². The quantitative estimate of drug-likeness (QED) is 0.240. The number of hydrogen-bond donors (Lipinski definition) is 0. The van der Waals surface area contributed by atoms with Crippen LogP contribution >= 0.6 is 15.9 Å². The van der Waals surface area contributed by atoms with E-state index in [0.29, 0.717) is 26.2 Å². The molecular weight excluding hydrogens is 482 g/mol. The highest BCUT2D eigenvalue weighted by Crippen LogP contribution is 2.31. The molecule has 172 valence electrons. The molecule has 0 N–H and O–H groups in total. The SMILES string of the molecule is CCOC(=O)C(Cc1ccc(OCCn2c3ccccc3c3cc(Br)ccc32)cc1)OCC. The Balaban J connectivity index is 1.42. The molecule has 0 radical (unpaired) electrons. The van der Waals surface area contributed by atoms with Crippen LogP contribution in [-0.2, 0) is 27.2 Å². The molecule has 0 aliphatic rings. The van der Waals surface area contributed by atoms with Gasteiger partial charge in [0, 0.05) is 39.3 Å². The number of esters is 1. The van der Waals surface area contributed by atoms with Crippen LogP contribution in [0.4, 0.5) is 0 Å². The number of carbonyl (C=O) groups is 1. The van der Waals surface area contributed by atoms with Gasteiger partial charge in [-0.3, -0.25) is 0 Å². The second-order valence-corrected chi connectivity index (χ2v) is 8.64. The first kappa shape index (κ1) is 23.3. The lowest BCUT2D eigenvalue weighted by molar-refractivity contribution is -0.156. The highest BCUT2D eigenvalue weighted by Gasteiger charge is 2.20. The number of benzene rings is 3. The van der Waals surface area contributed by atoms with Gasteiger partial charge in [-0.15, -0.1) is 0 Å². The second-order valence-electron chi connectivity index (χ2n) is 7.72. The summed E-state index contributed by atoms with van der Waals surface area (Å²) in [6.07, 6.45) is -0.110. The van der Waals surface area contributed by atoms with Crippen LogP contribution in [0.1, 0.15) is 19.4 Å². The Morgan fingerprint density at radius 3 is 2.45 bits per heavy atom. The number of para-hydroxylation sites is 1. The predicted molar refractivity (Wildman–Crippen MR) is 135 cm³/mol. The topological polar surface area (TPSA) is 49.7 Å². The molecule has 0 spiro atoms. The number of hydrogen-bond acceptors (Lipinski definition) is 4. The summed E-state index contributed by atoms with van der Waals surface area (Å²) >= 11 is 3.59. The van der Waals surface area contributed by atoms with Crippen LogP contribution < -0.4 is 4.74 Å². The summed E-state index contributed by atoms with van der Waals surface area (Å²) in [7, 11) is 0. The summed E-state index contributed by atoms with van der Waals surface area (Å²) in [5.74, 6) is 0.476. The lowest BCUT2D eigenvalue weighted by Gasteiger charge is -2.16. The summed E-state index contributed by atoms with van der Waals surface area (Å²) in [4.78, 5) is 12.1. The molecule has 33 heavy (non-hydrogen) atoms. The van der Waals surface area contributed by atoms with E-state index in [1.165, 1.54) is 21.8 Å². The average Bonchev–Trinajstić information content (AvgIpc) is 3.13. The Bertz CT molecular complexity index is 1230. The van der Waals surface area contributed by atoms with Gasteiger partial charge in [-0.25, -0.2) is 4.79 Å². The monoisotopic (exact) mass is 509 g/mol. The molecule has 1 aromatic heterocycles. The maximum absolute atomic E-state index is 12.1. The van der Waals surface area contributed by atoms with Crippen LogP contribution in [-0.4, -0.2) is 36.5 Å². The number of aromatic nitrogens is 1. The van der Waals surface area contributed by atoms with E-state index >= 15 is 0 Å². The number of fused-ring (bicyclic) bond motifs is 3. The second kappa shape index (κ2) is 10.9. The van der Waals surface area contributed by atoms with Crippen molar-refractivity contribution in [1.29, 1.82) is 0 Å². The Morgan fingerprint density at radius 2 is 1.70 bits per heavy atom. The fraction of sp³-hybridized carbons (Fsp3) is 0.296. The molecule has 3 aromatic carbocycles. The summed E-state index contributed by atoms with van der Waals surface area (Å²) in [5, 5.41) is 2.47. The molecule has 6 heteroatoms. The van der Waals surface area contributed by atoms with Crippen LogP contribution in [0, 0.1) is 0 Å². The fourth-order valence-corrected chi connectivity index (χ4v) is 4.47. The number of halogens is 1. The van der Waals surface area contributed by atoms with Crippen molar-refractivity contribution < 1.29 is 19.0 Å². The van der Waals surface area contributed by atoms with Crippen LogP contribution in [0.25, 0.3) is 21.8 Å². The minimum Gasteiger partial charge on any atom is -0.492 e. The molecule has 1 heterocycles. The smallest absolute Gasteiger partial charge is 0.335 e. The fourth-order valence-electron chi connectivity index (χ4n) is 4.10. The van der Waals surface area contributed by atoms with Gasteiger partial charge < -0.3 is 18.8 Å². The Labute approximate surface area is 202 Å². The van der Waals surface area contributed by atoms with Crippen molar-refractivity contribution >= 4 is 43.7 Å². The van der Waals surface area contributed by atoms with Crippen LogP contribution in [0.5, 0.6) is 5.75 Å². The highest BCUT2D eigenvalue weighted by molar-refractivity contribution is 9.10. The largest absolute Gasteiger partial charge is 0.492 e. The first-order chi connectivity index (χ1) is 16.1. The molecule has 4 rings (SSSR count). The van der Waals surface area contributed by atoms with Crippen LogP contribution in [0.2, 0.25) is 0 Å². The first-order valence-corrected chi connectivity index (χ1v) is 12.1. The van der Waals surface area contributed by atoms with Crippen molar-refractivity contribution in [3.63, 3.8) is 0 Å². The molecule has 0 amide bonds. The van der Waals surface area contributed by atoms with Gasteiger partial charge in [0.2, 0.25) is 0 Å². The van der Waals surface area contributed by atoms with E-state index in [9.17, 15) is 4.79 Å². The van der Waals surface area contributed by atoms with Gasteiger partial charge >= 0.3 is 5.97 Å². The third-order valence-corrected chi connectivity index (χ3v) is 6.07. The van der Waals surface area contributed by atoms with Gasteiger partial charge in [-0.05, 0) is 55.8 Å². The molecule has 1 unspecified atom stereocenters. The van der Waals surface area contributed by atoms with Crippen molar-refractivity contribution in [1.82, 2.24) is 4.57 Å². The van der Waals surface area contributed by atoms with E-state index in [4.69, 9.17) is 14.2 Å². The van der Waals surface area contributed by atoms with Crippen molar-refractivity contribution in [3.8, 4) is 5.75 Å². The lowest BCUT2D eigenvalue weighted by atomic mass is 10.1. The van der Waals surface area contributed by atoms with Gasteiger partial charge in [-0.1, -0.05) is 46.3 Å². The van der Waals surface area contributed by atoms with Gasteiger partial charge in [0.05, 0.1) is 13.2 Å². The van der Waals surface area contributed by atoms with E-state index in [-0.39, 0.29) is 5.97 Å². The van der Waals surface area contributed by atoms with Gasteiger partial charge in [0.15, 0.2) is 6.10 Å². The third-order valence-electron chi connectivity index (χ3n) is 5.58. The molecule has 0 saturated carbocycles. The van der Waals surface area contributed by atoms with Crippen molar-refractivity contribution in [2.75, 3.05) is 19.8 Å². The van der Waals surface area contributed by atoms with Gasteiger partial charge in [0.1, 0.15) is 12.4 Å². The lowest BCUT2D eigenvalue weighted by Crippen LogP contribution is -2.28. The molecule has 0 saturated heterocycles. The first-order valence-electron chi connectivity index (χ1n) is 11.3. The number of carbonyl (C=O) groups excluding carboxylic acids is 1. The molecule has 0 fully saturated rings. The average molecular weight is 510 g/mol. The summed E-state index contributed by atoms with van der Waals surface area (Å²) in [5.41, 5.74) is 3.39. The van der Waals surface area contributed by atoms with Crippen molar-refractivity contribution in [2.24, 2.45) is 0 Å². The predicted octanol–water partition coefficient (Wildman–Crippen LogP) is 6.15.